The number of rotatable bonds is 21. The van der Waals surface area contributed by atoms with E-state index in [2.05, 4.69) is 6.92 Å². The average Bonchev–Trinajstić information content (AvgIpc) is 2.68. The van der Waals surface area contributed by atoms with Crippen molar-refractivity contribution in [2.45, 2.75) is 96.1 Å². The van der Waals surface area contributed by atoms with Crippen LogP contribution >= 0.6 is 7.82 Å². The number of nitrogens with zero attached hydrogens (tertiary/aromatic N) is 1. The number of quaternary nitrogens is 1. The summed E-state index contributed by atoms with van der Waals surface area (Å²) >= 11 is 0. The van der Waals surface area contributed by atoms with Gasteiger partial charge in [-0.1, -0.05) is 83.3 Å². The van der Waals surface area contributed by atoms with Crippen molar-refractivity contribution >= 4 is 7.82 Å². The number of allylic oxidation sites excluding steroid dienone is 1. The second kappa shape index (κ2) is 18.2. The van der Waals surface area contributed by atoms with Crippen LogP contribution in [0.1, 0.15) is 84.0 Å². The minimum absolute atomic E-state index is 0.105. The number of aliphatic hydroxyl groups excluding tert-OH is 1. The molecule has 1 unspecified atom stereocenters. The average molecular weight is 466 g/mol. The van der Waals surface area contributed by atoms with E-state index in [0.29, 0.717) is 11.0 Å². The largest absolute Gasteiger partial charge is 0.472 e. The summed E-state index contributed by atoms with van der Waals surface area (Å²) in [5.74, 6) is 0. The molecule has 0 heterocycles. The monoisotopic (exact) mass is 465 g/mol. The summed E-state index contributed by atoms with van der Waals surface area (Å²) in [6.07, 6.45) is 17.9. The Morgan fingerprint density at radius 2 is 1.45 bits per heavy atom. The van der Waals surface area contributed by atoms with Gasteiger partial charge in [0.25, 0.3) is 0 Å². The summed E-state index contributed by atoms with van der Waals surface area (Å²) in [5.41, 5.74) is 5.85. The topological polar surface area (TPSA) is 102 Å². The molecule has 0 aliphatic rings. The van der Waals surface area contributed by atoms with Crippen molar-refractivity contribution < 1.29 is 28.1 Å². The zero-order chi connectivity index (χ0) is 23.6. The molecule has 0 spiro atoms. The maximum Gasteiger partial charge on any atom is 0.472 e. The molecule has 8 heteroatoms. The minimum Gasteiger partial charge on any atom is -0.387 e. The predicted molar refractivity (Wildman–Crippen MR) is 129 cm³/mol. The third-order valence-electron chi connectivity index (χ3n) is 5.19. The molecule has 0 aromatic heterocycles. The van der Waals surface area contributed by atoms with Gasteiger partial charge in [-0.15, -0.1) is 0 Å². The van der Waals surface area contributed by atoms with Crippen LogP contribution in [-0.4, -0.2) is 67.5 Å². The van der Waals surface area contributed by atoms with Crippen LogP contribution in [0.5, 0.6) is 0 Å². The molecule has 0 rings (SSSR count). The first kappa shape index (κ1) is 30.7. The zero-order valence-corrected chi connectivity index (χ0v) is 21.4. The van der Waals surface area contributed by atoms with Crippen molar-refractivity contribution in [2.75, 3.05) is 40.9 Å². The lowest BCUT2D eigenvalue weighted by Crippen LogP contribution is -2.38. The van der Waals surface area contributed by atoms with E-state index in [4.69, 9.17) is 14.8 Å². The van der Waals surface area contributed by atoms with E-state index in [1.54, 1.807) is 6.08 Å². The summed E-state index contributed by atoms with van der Waals surface area (Å²) in [6.45, 7) is 2.68. The van der Waals surface area contributed by atoms with Gasteiger partial charge in [0.05, 0.1) is 39.9 Å². The van der Waals surface area contributed by atoms with Gasteiger partial charge in [0.15, 0.2) is 0 Å². The smallest absolute Gasteiger partial charge is 0.387 e. The lowest BCUT2D eigenvalue weighted by molar-refractivity contribution is -0.870. The Kier molecular flexibility index (Phi) is 18.0. The first-order chi connectivity index (χ1) is 14.6. The van der Waals surface area contributed by atoms with Crippen LogP contribution in [0.3, 0.4) is 0 Å². The van der Waals surface area contributed by atoms with Crippen LogP contribution in [-0.2, 0) is 13.6 Å². The van der Waals surface area contributed by atoms with Gasteiger partial charge in [0.2, 0.25) is 0 Å². The highest BCUT2D eigenvalue weighted by Crippen LogP contribution is 2.43. The summed E-state index contributed by atoms with van der Waals surface area (Å²) < 4.78 is 22.3. The summed E-state index contributed by atoms with van der Waals surface area (Å²) in [4.78, 5) is 9.69. The number of aliphatic hydroxyl groups is 1. The molecular weight excluding hydrogens is 415 g/mol. The lowest BCUT2D eigenvalue weighted by Gasteiger charge is -2.24. The molecule has 7 nitrogen and oxygen atoms in total. The molecule has 31 heavy (non-hydrogen) atoms. The Labute approximate surface area is 191 Å². The van der Waals surface area contributed by atoms with E-state index in [9.17, 15) is 14.6 Å². The van der Waals surface area contributed by atoms with Crippen LogP contribution in [0.15, 0.2) is 12.2 Å². The predicted octanol–water partition coefficient (Wildman–Crippen LogP) is 4.77. The first-order valence-electron chi connectivity index (χ1n) is 12.1. The Hall–Kier alpha value is -0.270. The standard InChI is InChI=1S/C23H49N2O5P/c1-5-6-7-8-9-10-11-12-13-14-15-16-17-18-23(26)22(24)21-30-31(27,28)29-20-19-25(2,3)4/h17-18,22-23,26H,5-16,19-21,24H2,1-4H3/p+1/b18-17+/t22-,23+/m0/s1. The molecule has 0 aromatic carbocycles. The SMILES string of the molecule is CCCCCCCCCCCCC/C=C/[C@@H](O)[C@@H](N)COP(=O)(O)OCC[N+](C)(C)C. The molecule has 3 atom stereocenters. The number of likely N-dealkylation sites (N-methyl/N-ethyl adjacent to an activating group) is 1. The Bertz CT molecular complexity index is 497. The molecule has 0 saturated carbocycles. The number of nitrogens with two attached hydrogens (primary N) is 1. The number of hydrogen-bond donors (Lipinski definition) is 3. The summed E-state index contributed by atoms with van der Waals surface area (Å²) in [7, 11) is 1.72. The Balaban J connectivity index is 3.74. The van der Waals surface area contributed by atoms with E-state index in [0.717, 1.165) is 12.8 Å². The lowest BCUT2D eigenvalue weighted by atomic mass is 10.0. The maximum absolute atomic E-state index is 11.9. The van der Waals surface area contributed by atoms with Gasteiger partial charge in [-0.05, 0) is 12.8 Å². The van der Waals surface area contributed by atoms with Crippen LogP contribution in [0.25, 0.3) is 0 Å². The molecule has 0 saturated heterocycles. The van der Waals surface area contributed by atoms with Crippen molar-refractivity contribution in [3.63, 3.8) is 0 Å². The van der Waals surface area contributed by atoms with Gasteiger partial charge in [-0.3, -0.25) is 9.05 Å². The van der Waals surface area contributed by atoms with Gasteiger partial charge in [0, 0.05) is 0 Å². The highest BCUT2D eigenvalue weighted by atomic mass is 31.2. The van der Waals surface area contributed by atoms with Gasteiger partial charge in [-0.25, -0.2) is 4.57 Å². The molecule has 0 aromatic rings. The molecule has 0 aliphatic heterocycles. The number of unbranched alkanes of at least 4 members (excludes halogenated alkanes) is 11. The van der Waals surface area contributed by atoms with E-state index in [1.807, 2.05) is 27.2 Å². The van der Waals surface area contributed by atoms with Crippen molar-refractivity contribution in [1.29, 1.82) is 0 Å². The minimum atomic E-state index is -4.16. The molecule has 0 radical (unpaired) electrons. The summed E-state index contributed by atoms with van der Waals surface area (Å²) in [5, 5.41) is 10.1. The fourth-order valence-corrected chi connectivity index (χ4v) is 3.80. The highest BCUT2D eigenvalue weighted by Gasteiger charge is 2.25. The van der Waals surface area contributed by atoms with Crippen LogP contribution < -0.4 is 5.73 Å². The number of phosphoric ester groups is 1. The number of phosphoric acid groups is 1. The molecule has 4 N–H and O–H groups in total. The maximum atomic E-state index is 11.9. The second-order valence-corrected chi connectivity index (χ2v) is 11.0. The summed E-state index contributed by atoms with van der Waals surface area (Å²) in [6, 6.07) is -0.781. The fraction of sp³-hybridized carbons (Fsp3) is 0.913. The van der Waals surface area contributed by atoms with Gasteiger partial charge >= 0.3 is 7.82 Å². The van der Waals surface area contributed by atoms with Crippen LogP contribution in [0, 0.1) is 0 Å². The molecular formula is C23H50N2O5P+. The number of hydrogen-bond acceptors (Lipinski definition) is 5. The van der Waals surface area contributed by atoms with Gasteiger partial charge in [-0.2, -0.15) is 0 Å². The Morgan fingerprint density at radius 3 is 1.97 bits per heavy atom. The molecule has 0 aliphatic carbocycles. The first-order valence-corrected chi connectivity index (χ1v) is 13.6. The van der Waals surface area contributed by atoms with Crippen molar-refractivity contribution in [2.24, 2.45) is 5.73 Å². The van der Waals surface area contributed by atoms with Gasteiger partial charge < -0.3 is 20.2 Å². The van der Waals surface area contributed by atoms with Crippen molar-refractivity contribution in [3.8, 4) is 0 Å². The normalized spacial score (nSPS) is 16.5. The molecule has 0 amide bonds. The fourth-order valence-electron chi connectivity index (χ4n) is 3.05. The van der Waals surface area contributed by atoms with E-state index in [1.165, 1.54) is 64.2 Å². The second-order valence-electron chi connectivity index (χ2n) is 9.52. The van der Waals surface area contributed by atoms with E-state index < -0.39 is 20.0 Å². The zero-order valence-electron chi connectivity index (χ0n) is 20.5. The van der Waals surface area contributed by atoms with Crippen molar-refractivity contribution in [3.05, 3.63) is 12.2 Å². The third-order valence-corrected chi connectivity index (χ3v) is 6.18. The molecule has 186 valence electrons. The van der Waals surface area contributed by atoms with E-state index in [-0.39, 0.29) is 13.2 Å². The van der Waals surface area contributed by atoms with Gasteiger partial charge in [0.1, 0.15) is 13.2 Å². The highest BCUT2D eigenvalue weighted by molar-refractivity contribution is 7.47. The van der Waals surface area contributed by atoms with Crippen LogP contribution in [0.4, 0.5) is 0 Å². The van der Waals surface area contributed by atoms with E-state index >= 15 is 0 Å². The molecule has 0 fully saturated rings. The third kappa shape index (κ3) is 21.3. The quantitative estimate of drug-likeness (QED) is 0.0977. The molecule has 0 bridgehead atoms. The Morgan fingerprint density at radius 1 is 0.935 bits per heavy atom. The van der Waals surface area contributed by atoms with Crippen LogP contribution in [0.2, 0.25) is 0 Å². The van der Waals surface area contributed by atoms with Crippen molar-refractivity contribution in [1.82, 2.24) is 0 Å².